The van der Waals surface area contributed by atoms with Crippen LogP contribution in [0.2, 0.25) is 0 Å². The number of hydrogen-bond donors (Lipinski definition) is 0. The van der Waals surface area contributed by atoms with Gasteiger partial charge in [0.05, 0.1) is 11.1 Å². The molecule has 1 aromatic rings. The van der Waals surface area contributed by atoms with Crippen LogP contribution >= 0.6 is 15.9 Å². The maximum Gasteiger partial charge on any atom is 0.357 e. The summed E-state index contributed by atoms with van der Waals surface area (Å²) in [6.45, 7) is 3.34. The van der Waals surface area contributed by atoms with Crippen molar-refractivity contribution in [3.05, 3.63) is 15.9 Å². The van der Waals surface area contributed by atoms with Gasteiger partial charge in [0.15, 0.2) is 5.69 Å². The smallest absolute Gasteiger partial charge is 0.357 e. The van der Waals surface area contributed by atoms with Gasteiger partial charge >= 0.3 is 11.9 Å². The Balaban J connectivity index is 2.93. The van der Waals surface area contributed by atoms with E-state index in [1.54, 1.807) is 14.0 Å². The first-order chi connectivity index (χ1) is 7.97. The van der Waals surface area contributed by atoms with Gasteiger partial charge in [0.25, 0.3) is 0 Å². The largest absolute Gasteiger partial charge is 0.461 e. The topological polar surface area (TPSA) is 70.4 Å². The van der Waals surface area contributed by atoms with Gasteiger partial charge in [-0.1, -0.05) is 0 Å². The standard InChI is InChI=1S/C10H13BrN2O4/c1-4-16-10(15)9-8(11)7(12-13(9)3)5-17-6(2)14/h4-5H2,1-3H3. The molecule has 0 aliphatic rings. The van der Waals surface area contributed by atoms with Crippen LogP contribution < -0.4 is 0 Å². The molecular formula is C10H13BrN2O4. The number of carbonyl (C=O) groups excluding carboxylic acids is 2. The fraction of sp³-hybridized carbons (Fsp3) is 0.500. The lowest BCUT2D eigenvalue weighted by molar-refractivity contribution is -0.142. The molecule has 0 aliphatic heterocycles. The number of carbonyl (C=O) groups is 2. The fourth-order valence-corrected chi connectivity index (χ4v) is 1.85. The number of rotatable bonds is 4. The van der Waals surface area contributed by atoms with E-state index in [1.165, 1.54) is 11.6 Å². The molecule has 0 bridgehead atoms. The number of ether oxygens (including phenoxy) is 2. The van der Waals surface area contributed by atoms with Crippen molar-refractivity contribution in [3.8, 4) is 0 Å². The lowest BCUT2D eigenvalue weighted by Crippen LogP contribution is -2.10. The van der Waals surface area contributed by atoms with E-state index in [4.69, 9.17) is 9.47 Å². The molecule has 0 radical (unpaired) electrons. The van der Waals surface area contributed by atoms with Crippen molar-refractivity contribution >= 4 is 27.9 Å². The molecule has 0 amide bonds. The summed E-state index contributed by atoms with van der Waals surface area (Å²) in [5, 5.41) is 4.08. The zero-order valence-electron chi connectivity index (χ0n) is 9.82. The number of halogens is 1. The van der Waals surface area contributed by atoms with Crippen molar-refractivity contribution in [2.24, 2.45) is 7.05 Å². The normalized spacial score (nSPS) is 10.1. The zero-order chi connectivity index (χ0) is 13.0. The van der Waals surface area contributed by atoms with Crippen LogP contribution in [0.15, 0.2) is 4.47 Å². The number of esters is 2. The van der Waals surface area contributed by atoms with Crippen molar-refractivity contribution in [3.63, 3.8) is 0 Å². The van der Waals surface area contributed by atoms with E-state index in [-0.39, 0.29) is 13.2 Å². The highest BCUT2D eigenvalue weighted by atomic mass is 79.9. The third-order valence-electron chi connectivity index (χ3n) is 1.94. The summed E-state index contributed by atoms with van der Waals surface area (Å²) in [6.07, 6.45) is 0. The van der Waals surface area contributed by atoms with Crippen LogP contribution in [0.1, 0.15) is 30.0 Å². The Labute approximate surface area is 107 Å². The Kier molecular flexibility index (Phi) is 4.68. The van der Waals surface area contributed by atoms with Crippen LogP contribution in [0.3, 0.4) is 0 Å². The Morgan fingerprint density at radius 2 is 2.06 bits per heavy atom. The predicted octanol–water partition coefficient (Wildman–Crippen LogP) is 1.42. The molecule has 1 heterocycles. The molecule has 0 saturated heterocycles. The minimum Gasteiger partial charge on any atom is -0.461 e. The first-order valence-electron chi connectivity index (χ1n) is 4.99. The van der Waals surface area contributed by atoms with E-state index in [0.29, 0.717) is 15.9 Å². The SMILES string of the molecule is CCOC(=O)c1c(Br)c(COC(C)=O)nn1C. The predicted molar refractivity (Wildman–Crippen MR) is 62.3 cm³/mol. The maximum absolute atomic E-state index is 11.6. The summed E-state index contributed by atoms with van der Waals surface area (Å²) in [5.74, 6) is -0.872. The second-order valence-electron chi connectivity index (χ2n) is 3.23. The van der Waals surface area contributed by atoms with Crippen LogP contribution in [0.4, 0.5) is 0 Å². The van der Waals surface area contributed by atoms with Gasteiger partial charge in [-0.2, -0.15) is 5.10 Å². The summed E-state index contributed by atoms with van der Waals surface area (Å²) < 4.78 is 11.6. The lowest BCUT2D eigenvalue weighted by atomic mass is 10.3. The Hall–Kier alpha value is -1.37. The Bertz CT molecular complexity index is 442. The summed E-state index contributed by atoms with van der Waals surface area (Å²) in [7, 11) is 1.62. The molecule has 0 aromatic carbocycles. The highest BCUT2D eigenvalue weighted by Gasteiger charge is 2.21. The van der Waals surface area contributed by atoms with Gasteiger partial charge in [0, 0.05) is 14.0 Å². The van der Waals surface area contributed by atoms with Crippen LogP contribution in [-0.2, 0) is 27.9 Å². The second-order valence-corrected chi connectivity index (χ2v) is 4.03. The maximum atomic E-state index is 11.6. The van der Waals surface area contributed by atoms with Crippen LogP contribution in [0.5, 0.6) is 0 Å². The summed E-state index contributed by atoms with van der Waals surface area (Å²) in [5.41, 5.74) is 0.778. The number of aromatic nitrogens is 2. The fourth-order valence-electron chi connectivity index (χ4n) is 1.24. The van der Waals surface area contributed by atoms with Gasteiger partial charge < -0.3 is 9.47 Å². The van der Waals surface area contributed by atoms with Gasteiger partial charge in [-0.05, 0) is 22.9 Å². The molecule has 7 heteroatoms. The molecule has 0 unspecified atom stereocenters. The number of aryl methyl sites for hydroxylation is 1. The van der Waals surface area contributed by atoms with Crippen LogP contribution in [0, 0.1) is 0 Å². The summed E-state index contributed by atoms with van der Waals surface area (Å²) in [4.78, 5) is 22.3. The molecule has 0 N–H and O–H groups in total. The van der Waals surface area contributed by atoms with Crippen molar-refractivity contribution in [2.75, 3.05) is 6.61 Å². The molecule has 1 rings (SSSR count). The monoisotopic (exact) mass is 304 g/mol. The lowest BCUT2D eigenvalue weighted by Gasteiger charge is -2.01. The molecule has 0 spiro atoms. The second kappa shape index (κ2) is 5.81. The van der Waals surface area contributed by atoms with Crippen molar-refractivity contribution in [1.82, 2.24) is 9.78 Å². The van der Waals surface area contributed by atoms with Gasteiger partial charge in [-0.3, -0.25) is 9.48 Å². The van der Waals surface area contributed by atoms with Gasteiger partial charge in [-0.15, -0.1) is 0 Å². The zero-order valence-corrected chi connectivity index (χ0v) is 11.4. The molecule has 0 atom stereocenters. The molecule has 0 aliphatic carbocycles. The molecule has 94 valence electrons. The highest BCUT2D eigenvalue weighted by molar-refractivity contribution is 9.10. The molecule has 17 heavy (non-hydrogen) atoms. The molecule has 6 nitrogen and oxygen atoms in total. The first-order valence-corrected chi connectivity index (χ1v) is 5.78. The van der Waals surface area contributed by atoms with E-state index in [2.05, 4.69) is 21.0 Å². The van der Waals surface area contributed by atoms with Gasteiger partial charge in [0.2, 0.25) is 0 Å². The van der Waals surface area contributed by atoms with Crippen molar-refractivity contribution in [2.45, 2.75) is 20.5 Å². The van der Waals surface area contributed by atoms with E-state index < -0.39 is 11.9 Å². The number of nitrogens with zero attached hydrogens (tertiary/aromatic N) is 2. The van der Waals surface area contributed by atoms with Gasteiger partial charge in [-0.25, -0.2) is 4.79 Å². The highest BCUT2D eigenvalue weighted by Crippen LogP contribution is 2.22. The van der Waals surface area contributed by atoms with Crippen LogP contribution in [-0.4, -0.2) is 28.3 Å². The average molecular weight is 305 g/mol. The average Bonchev–Trinajstić information content (AvgIpc) is 2.51. The molecular weight excluding hydrogens is 292 g/mol. The van der Waals surface area contributed by atoms with E-state index in [0.717, 1.165) is 0 Å². The summed E-state index contributed by atoms with van der Waals surface area (Å²) in [6, 6.07) is 0. The quantitative estimate of drug-likeness (QED) is 0.787. The van der Waals surface area contributed by atoms with E-state index in [9.17, 15) is 9.59 Å². The van der Waals surface area contributed by atoms with Crippen molar-refractivity contribution < 1.29 is 19.1 Å². The number of hydrogen-bond acceptors (Lipinski definition) is 5. The Morgan fingerprint density at radius 3 is 2.59 bits per heavy atom. The minimum absolute atomic E-state index is 0.0170. The van der Waals surface area contributed by atoms with Crippen LogP contribution in [0.25, 0.3) is 0 Å². The van der Waals surface area contributed by atoms with E-state index >= 15 is 0 Å². The van der Waals surface area contributed by atoms with Crippen molar-refractivity contribution in [1.29, 1.82) is 0 Å². The molecule has 0 saturated carbocycles. The minimum atomic E-state index is -0.469. The third kappa shape index (κ3) is 3.29. The third-order valence-corrected chi connectivity index (χ3v) is 2.77. The molecule has 1 aromatic heterocycles. The van der Waals surface area contributed by atoms with Gasteiger partial charge in [0.1, 0.15) is 12.3 Å². The first kappa shape index (κ1) is 13.7. The van der Waals surface area contributed by atoms with E-state index in [1.807, 2.05) is 0 Å². The molecule has 0 fully saturated rings. The Morgan fingerprint density at radius 1 is 1.41 bits per heavy atom. The summed E-state index contributed by atoms with van der Waals surface area (Å²) >= 11 is 3.25.